The van der Waals surface area contributed by atoms with Gasteiger partial charge in [-0.15, -0.1) is 0 Å². The summed E-state index contributed by atoms with van der Waals surface area (Å²) in [5.41, 5.74) is 1.10. The highest BCUT2D eigenvalue weighted by Crippen LogP contribution is 2.40. The Labute approximate surface area is 147 Å². The minimum absolute atomic E-state index is 0.215. The Morgan fingerprint density at radius 1 is 1.08 bits per heavy atom. The molecule has 2 aromatic rings. The fourth-order valence-electron chi connectivity index (χ4n) is 3.67. The van der Waals surface area contributed by atoms with Crippen molar-refractivity contribution in [1.82, 2.24) is 4.90 Å². The molecule has 0 bridgehead atoms. The zero-order valence-electron chi connectivity index (χ0n) is 14.4. The molecule has 0 N–H and O–H groups in total. The lowest BCUT2D eigenvalue weighted by molar-refractivity contribution is -0.137. The van der Waals surface area contributed by atoms with E-state index in [1.807, 2.05) is 6.07 Å². The van der Waals surface area contributed by atoms with Gasteiger partial charge >= 0.3 is 6.18 Å². The van der Waals surface area contributed by atoms with Crippen LogP contribution in [-0.2, 0) is 6.18 Å². The molecule has 0 aromatic heterocycles. The molecule has 1 heterocycles. The van der Waals surface area contributed by atoms with E-state index in [2.05, 4.69) is 17.9 Å². The smallest absolute Gasteiger partial charge is 0.303 e. The van der Waals surface area contributed by atoms with E-state index in [1.54, 1.807) is 30.3 Å². The molecule has 1 nitrogen and oxygen atoms in total. The molecule has 0 spiro atoms. The van der Waals surface area contributed by atoms with Gasteiger partial charge in [0, 0.05) is 0 Å². The van der Waals surface area contributed by atoms with Gasteiger partial charge in [0.15, 0.2) is 0 Å². The number of nitrogens with zero attached hydrogens (tertiary/aromatic N) is 1. The molecule has 1 fully saturated rings. The molecule has 2 aromatic carbocycles. The second-order valence-electron chi connectivity index (χ2n) is 6.71. The summed E-state index contributed by atoms with van der Waals surface area (Å²) in [6.45, 7) is 5.17. The van der Waals surface area contributed by atoms with Crippen molar-refractivity contribution < 1.29 is 13.2 Å². The van der Waals surface area contributed by atoms with Crippen LogP contribution in [0.15, 0.2) is 42.5 Å². The molecule has 3 rings (SSSR count). The lowest BCUT2D eigenvalue weighted by Gasteiger charge is -2.32. The maximum atomic E-state index is 13.6. The first-order valence-corrected chi connectivity index (χ1v) is 8.89. The minimum Gasteiger partial charge on any atom is -0.303 e. The van der Waals surface area contributed by atoms with E-state index >= 15 is 0 Å². The van der Waals surface area contributed by atoms with Crippen LogP contribution >= 0.6 is 0 Å². The molecule has 0 unspecified atom stereocenters. The maximum Gasteiger partial charge on any atom is 0.417 e. The Morgan fingerprint density at radius 3 is 2.36 bits per heavy atom. The van der Waals surface area contributed by atoms with Crippen molar-refractivity contribution in [3.05, 3.63) is 59.7 Å². The molecule has 1 aliphatic heterocycles. The number of piperidine rings is 1. The van der Waals surface area contributed by atoms with Crippen molar-refractivity contribution in [1.29, 1.82) is 0 Å². The largest absolute Gasteiger partial charge is 0.417 e. The zero-order valence-corrected chi connectivity index (χ0v) is 14.4. The van der Waals surface area contributed by atoms with Gasteiger partial charge < -0.3 is 4.90 Å². The lowest BCUT2D eigenvalue weighted by atomic mass is 9.86. The Bertz CT molecular complexity index is 686. The number of likely N-dealkylation sites (tertiary alicyclic amines) is 1. The van der Waals surface area contributed by atoms with Crippen LogP contribution < -0.4 is 0 Å². The molecule has 4 heteroatoms. The first-order chi connectivity index (χ1) is 12.0. The van der Waals surface area contributed by atoms with Crippen molar-refractivity contribution in [2.45, 2.75) is 38.3 Å². The fourth-order valence-corrected chi connectivity index (χ4v) is 3.67. The molecule has 25 heavy (non-hydrogen) atoms. The lowest BCUT2D eigenvalue weighted by Crippen LogP contribution is -2.33. The monoisotopic (exact) mass is 346 g/mol. The quantitative estimate of drug-likeness (QED) is 0.680. The minimum atomic E-state index is -4.35. The van der Waals surface area contributed by atoms with Gasteiger partial charge in [-0.05, 0) is 73.6 Å². The van der Waals surface area contributed by atoms with E-state index in [4.69, 9.17) is 0 Å². The van der Waals surface area contributed by atoms with Crippen LogP contribution in [0.2, 0.25) is 0 Å². The topological polar surface area (TPSA) is 3.24 Å². The number of hydrogen-bond donors (Lipinski definition) is 0. The molecular formula is C21H23F3N. The van der Waals surface area contributed by atoms with Crippen molar-refractivity contribution in [3.63, 3.8) is 0 Å². The molecule has 1 saturated heterocycles. The molecule has 0 aliphatic carbocycles. The SMILES string of the molecule is CCCN1CCC(c2ccc(-c3cc[c]cc3)c(C(F)(F)F)c2)CC1. The Balaban J connectivity index is 1.88. The summed E-state index contributed by atoms with van der Waals surface area (Å²) in [6, 6.07) is 14.4. The van der Waals surface area contributed by atoms with E-state index in [9.17, 15) is 13.2 Å². The van der Waals surface area contributed by atoms with Crippen molar-refractivity contribution in [2.24, 2.45) is 0 Å². The summed E-state index contributed by atoms with van der Waals surface area (Å²) in [5, 5.41) is 0. The molecule has 0 amide bonds. The summed E-state index contributed by atoms with van der Waals surface area (Å²) in [6.07, 6.45) is -1.38. The molecule has 1 radical (unpaired) electrons. The summed E-state index contributed by atoms with van der Waals surface area (Å²) in [7, 11) is 0. The third kappa shape index (κ3) is 4.24. The number of rotatable bonds is 4. The first-order valence-electron chi connectivity index (χ1n) is 8.89. The standard InChI is InChI=1S/C21H23F3N/c1-2-12-25-13-10-16(11-14-25)18-8-9-19(17-6-4-3-5-7-17)20(15-18)21(22,23)24/h4-9,15-16H,2,10-14H2,1H3. The third-order valence-corrected chi connectivity index (χ3v) is 4.98. The number of alkyl halides is 3. The summed E-state index contributed by atoms with van der Waals surface area (Å²) >= 11 is 0. The van der Waals surface area contributed by atoms with Crippen LogP contribution in [0.3, 0.4) is 0 Å². The first kappa shape index (κ1) is 18.0. The highest BCUT2D eigenvalue weighted by atomic mass is 19.4. The van der Waals surface area contributed by atoms with Crippen LogP contribution in [-0.4, -0.2) is 24.5 Å². The van der Waals surface area contributed by atoms with Gasteiger partial charge in [0.1, 0.15) is 0 Å². The zero-order chi connectivity index (χ0) is 17.9. The van der Waals surface area contributed by atoms with Crippen LogP contribution in [0.4, 0.5) is 13.2 Å². The molecule has 133 valence electrons. The van der Waals surface area contributed by atoms with E-state index < -0.39 is 11.7 Å². The van der Waals surface area contributed by atoms with Gasteiger partial charge in [-0.25, -0.2) is 0 Å². The van der Waals surface area contributed by atoms with Crippen molar-refractivity contribution in [3.8, 4) is 11.1 Å². The van der Waals surface area contributed by atoms with Gasteiger partial charge in [-0.3, -0.25) is 0 Å². The van der Waals surface area contributed by atoms with Crippen LogP contribution in [0, 0.1) is 6.07 Å². The number of halogens is 3. The predicted molar refractivity (Wildman–Crippen MR) is 94.4 cm³/mol. The normalized spacial score (nSPS) is 17.0. The maximum absolute atomic E-state index is 13.6. The average Bonchev–Trinajstić information content (AvgIpc) is 2.62. The molecular weight excluding hydrogens is 323 g/mol. The van der Waals surface area contributed by atoms with Gasteiger partial charge in [0.05, 0.1) is 5.56 Å². The van der Waals surface area contributed by atoms with Crippen molar-refractivity contribution in [2.75, 3.05) is 19.6 Å². The second-order valence-corrected chi connectivity index (χ2v) is 6.71. The Hall–Kier alpha value is -1.81. The van der Waals surface area contributed by atoms with E-state index in [1.165, 1.54) is 6.07 Å². The summed E-state index contributed by atoms with van der Waals surface area (Å²) < 4.78 is 40.9. The van der Waals surface area contributed by atoms with Gasteiger partial charge in [-0.1, -0.05) is 43.3 Å². The number of benzene rings is 2. The van der Waals surface area contributed by atoms with E-state index in [-0.39, 0.29) is 11.5 Å². The van der Waals surface area contributed by atoms with E-state index in [0.717, 1.165) is 44.5 Å². The Kier molecular flexibility index (Phi) is 5.48. The average molecular weight is 346 g/mol. The van der Waals surface area contributed by atoms with Gasteiger partial charge in [-0.2, -0.15) is 13.2 Å². The van der Waals surface area contributed by atoms with Crippen LogP contribution in [0.25, 0.3) is 11.1 Å². The highest BCUT2D eigenvalue weighted by Gasteiger charge is 2.34. The predicted octanol–water partition coefficient (Wildman–Crippen LogP) is 5.76. The number of hydrogen-bond acceptors (Lipinski definition) is 1. The van der Waals surface area contributed by atoms with Gasteiger partial charge in [0.2, 0.25) is 0 Å². The molecule has 1 aliphatic rings. The van der Waals surface area contributed by atoms with Crippen LogP contribution in [0.5, 0.6) is 0 Å². The van der Waals surface area contributed by atoms with Gasteiger partial charge in [0.25, 0.3) is 0 Å². The summed E-state index contributed by atoms with van der Waals surface area (Å²) in [4.78, 5) is 2.40. The second kappa shape index (κ2) is 7.61. The van der Waals surface area contributed by atoms with E-state index in [0.29, 0.717) is 5.56 Å². The summed E-state index contributed by atoms with van der Waals surface area (Å²) in [5.74, 6) is 0.215. The molecule has 0 atom stereocenters. The van der Waals surface area contributed by atoms with Crippen molar-refractivity contribution >= 4 is 0 Å². The highest BCUT2D eigenvalue weighted by molar-refractivity contribution is 5.68. The van der Waals surface area contributed by atoms with Crippen LogP contribution in [0.1, 0.15) is 43.2 Å². The Morgan fingerprint density at radius 2 is 1.76 bits per heavy atom. The fraction of sp³-hybridized carbons (Fsp3) is 0.429. The third-order valence-electron chi connectivity index (χ3n) is 4.98. The molecule has 0 saturated carbocycles.